The molecule has 0 unspecified atom stereocenters. The van der Waals surface area contributed by atoms with Crippen LogP contribution < -0.4 is 11.5 Å². The lowest BCUT2D eigenvalue weighted by Crippen LogP contribution is -2.33. The van der Waals surface area contributed by atoms with Gasteiger partial charge in [-0.25, -0.2) is 0 Å². The van der Waals surface area contributed by atoms with Gasteiger partial charge in [0.15, 0.2) is 0 Å². The van der Waals surface area contributed by atoms with E-state index in [0.29, 0.717) is 0 Å². The van der Waals surface area contributed by atoms with E-state index in [0.717, 1.165) is 65.2 Å². The molecule has 31 heavy (non-hydrogen) atoms. The molecule has 2 aromatic carbocycles. The van der Waals surface area contributed by atoms with Crippen molar-refractivity contribution in [2.75, 3.05) is 52.4 Å². The summed E-state index contributed by atoms with van der Waals surface area (Å²) < 4.78 is 2.76. The number of rotatable bonds is 6. The molecule has 2 aliphatic rings. The zero-order valence-corrected chi connectivity index (χ0v) is 19.0. The second-order valence-corrected chi connectivity index (χ2v) is 9.75. The Morgan fingerprint density at radius 2 is 1.19 bits per heavy atom. The maximum atomic E-state index is 5.72. The second kappa shape index (κ2) is 9.23. The van der Waals surface area contributed by atoms with Gasteiger partial charge in [0.2, 0.25) is 0 Å². The zero-order valence-electron chi connectivity index (χ0n) is 18.1. The number of thiophene rings is 1. The van der Waals surface area contributed by atoms with Crippen LogP contribution in [0, 0.1) is 0 Å². The van der Waals surface area contributed by atoms with Gasteiger partial charge in [0.25, 0.3) is 0 Å². The molecule has 0 aliphatic carbocycles. The Balaban J connectivity index is 1.46. The predicted octanol–water partition coefficient (Wildman–Crippen LogP) is 4.15. The van der Waals surface area contributed by atoms with Crippen LogP contribution in [0.1, 0.15) is 24.0 Å². The maximum Gasteiger partial charge on any atom is 0.0355 e. The third-order valence-electron chi connectivity index (χ3n) is 6.69. The average Bonchev–Trinajstić information content (AvgIpc) is 3.18. The van der Waals surface area contributed by atoms with Crippen LogP contribution in [0.2, 0.25) is 0 Å². The lowest BCUT2D eigenvalue weighted by atomic mass is 9.95. The molecule has 0 radical (unpaired) electrons. The Bertz CT molecular complexity index is 1050. The van der Waals surface area contributed by atoms with Crippen LogP contribution in [-0.2, 0) is 0 Å². The van der Waals surface area contributed by atoms with Crippen LogP contribution >= 0.6 is 11.3 Å². The van der Waals surface area contributed by atoms with Crippen LogP contribution in [0.15, 0.2) is 48.6 Å². The van der Waals surface area contributed by atoms with Crippen molar-refractivity contribution in [1.29, 1.82) is 0 Å². The van der Waals surface area contributed by atoms with E-state index in [1.54, 1.807) is 0 Å². The van der Waals surface area contributed by atoms with Gasteiger partial charge in [0.05, 0.1) is 0 Å². The fraction of sp³-hybridized carbons (Fsp3) is 0.385. The standard InChI is InChI=1S/C26H32N4S/c27-9-15-29-11-5-19(6-12-29)21-1-3-25-23(17-21)24-18-22(2-4-26(24)31-25)20-7-13-30(14-8-20)16-10-28/h1-5,7,17-18H,6,8-16,27-28H2. The number of nitrogens with two attached hydrogens (primary N) is 2. The van der Waals surface area contributed by atoms with E-state index in [4.69, 9.17) is 11.5 Å². The highest BCUT2D eigenvalue weighted by Crippen LogP contribution is 2.38. The number of benzene rings is 2. The van der Waals surface area contributed by atoms with Crippen LogP contribution in [-0.4, -0.2) is 62.2 Å². The molecule has 5 heteroatoms. The minimum Gasteiger partial charge on any atom is -0.329 e. The first-order chi connectivity index (χ1) is 15.2. The Morgan fingerprint density at radius 1 is 0.710 bits per heavy atom. The summed E-state index contributed by atoms with van der Waals surface area (Å²) in [7, 11) is 0. The van der Waals surface area contributed by atoms with E-state index in [9.17, 15) is 0 Å². The molecular formula is C26H32N4S. The highest BCUT2D eigenvalue weighted by Gasteiger charge is 2.16. The number of hydrogen-bond donors (Lipinski definition) is 2. The average molecular weight is 433 g/mol. The normalized spacial score (nSPS) is 18.5. The molecule has 0 spiro atoms. The molecule has 4 N–H and O–H groups in total. The molecule has 3 heterocycles. The molecular weight excluding hydrogens is 400 g/mol. The summed E-state index contributed by atoms with van der Waals surface area (Å²) in [4.78, 5) is 4.86. The van der Waals surface area contributed by atoms with Crippen molar-refractivity contribution in [3.05, 3.63) is 59.7 Å². The number of nitrogens with zero attached hydrogens (tertiary/aromatic N) is 2. The maximum absolute atomic E-state index is 5.72. The highest BCUT2D eigenvalue weighted by atomic mass is 32.1. The Hall–Kier alpha value is -2.02. The monoisotopic (exact) mass is 432 g/mol. The minimum absolute atomic E-state index is 0.736. The van der Waals surface area contributed by atoms with Crippen LogP contribution in [0.5, 0.6) is 0 Å². The molecule has 0 saturated heterocycles. The van der Waals surface area contributed by atoms with Crippen LogP contribution in [0.25, 0.3) is 31.3 Å². The molecule has 1 aromatic heterocycles. The summed E-state index contributed by atoms with van der Waals surface area (Å²) >= 11 is 1.90. The Labute approximate surface area is 188 Å². The van der Waals surface area contributed by atoms with Crippen molar-refractivity contribution in [3.8, 4) is 0 Å². The molecule has 0 amide bonds. The molecule has 3 aromatic rings. The number of hydrogen-bond acceptors (Lipinski definition) is 5. The Morgan fingerprint density at radius 3 is 1.58 bits per heavy atom. The number of fused-ring (bicyclic) bond motifs is 3. The van der Waals surface area contributed by atoms with Crippen molar-refractivity contribution in [2.45, 2.75) is 12.8 Å². The van der Waals surface area contributed by atoms with Crippen LogP contribution in [0.3, 0.4) is 0 Å². The molecule has 4 nitrogen and oxygen atoms in total. The predicted molar refractivity (Wildman–Crippen MR) is 136 cm³/mol. The topological polar surface area (TPSA) is 58.5 Å². The van der Waals surface area contributed by atoms with Crippen molar-refractivity contribution >= 4 is 42.7 Å². The molecule has 2 aliphatic heterocycles. The molecule has 0 saturated carbocycles. The Kier molecular flexibility index (Phi) is 6.21. The van der Waals surface area contributed by atoms with Gasteiger partial charge in [-0.2, -0.15) is 0 Å². The zero-order chi connectivity index (χ0) is 21.2. The lowest BCUT2D eigenvalue weighted by Gasteiger charge is -2.26. The smallest absolute Gasteiger partial charge is 0.0355 e. The van der Waals surface area contributed by atoms with Crippen molar-refractivity contribution in [3.63, 3.8) is 0 Å². The van der Waals surface area contributed by atoms with E-state index < -0.39 is 0 Å². The summed E-state index contributed by atoms with van der Waals surface area (Å²) in [6, 6.07) is 14.1. The van der Waals surface area contributed by atoms with Gasteiger partial charge in [-0.05, 0) is 59.4 Å². The van der Waals surface area contributed by atoms with Crippen LogP contribution in [0.4, 0.5) is 0 Å². The SMILES string of the molecule is NCCN1CC=C(c2ccc3sc4ccc(C5=CCN(CCN)CC5)cc4c3c2)CC1. The van der Waals surface area contributed by atoms with Gasteiger partial charge < -0.3 is 11.5 Å². The third kappa shape index (κ3) is 4.34. The third-order valence-corrected chi connectivity index (χ3v) is 7.84. The second-order valence-electron chi connectivity index (χ2n) is 8.66. The van der Waals surface area contributed by atoms with E-state index >= 15 is 0 Å². The van der Waals surface area contributed by atoms with Gasteiger partial charge in [0.1, 0.15) is 0 Å². The summed E-state index contributed by atoms with van der Waals surface area (Å²) in [6.45, 7) is 7.67. The largest absolute Gasteiger partial charge is 0.329 e. The van der Waals surface area contributed by atoms with E-state index in [1.165, 1.54) is 42.4 Å². The first kappa shape index (κ1) is 20.9. The highest BCUT2D eigenvalue weighted by molar-refractivity contribution is 7.25. The lowest BCUT2D eigenvalue weighted by molar-refractivity contribution is 0.310. The van der Waals surface area contributed by atoms with Gasteiger partial charge in [-0.15, -0.1) is 11.3 Å². The van der Waals surface area contributed by atoms with Gasteiger partial charge in [-0.3, -0.25) is 9.80 Å². The fourth-order valence-electron chi connectivity index (χ4n) is 4.89. The quantitative estimate of drug-likeness (QED) is 0.614. The van der Waals surface area contributed by atoms with Crippen molar-refractivity contribution < 1.29 is 0 Å². The molecule has 0 atom stereocenters. The molecule has 162 valence electrons. The van der Waals surface area contributed by atoms with Gasteiger partial charge in [0, 0.05) is 72.5 Å². The van der Waals surface area contributed by atoms with Crippen molar-refractivity contribution in [2.24, 2.45) is 11.5 Å². The molecule has 0 bridgehead atoms. The summed E-state index contributed by atoms with van der Waals surface area (Å²) in [6.07, 6.45) is 6.98. The summed E-state index contributed by atoms with van der Waals surface area (Å²) in [5, 5.41) is 2.79. The van der Waals surface area contributed by atoms with E-state index in [2.05, 4.69) is 58.4 Å². The minimum atomic E-state index is 0.736. The van der Waals surface area contributed by atoms with Gasteiger partial charge >= 0.3 is 0 Å². The van der Waals surface area contributed by atoms with Crippen molar-refractivity contribution in [1.82, 2.24) is 9.80 Å². The summed E-state index contributed by atoms with van der Waals surface area (Å²) in [5.74, 6) is 0. The first-order valence-corrected chi connectivity index (χ1v) is 12.3. The molecule has 5 rings (SSSR count). The first-order valence-electron chi connectivity index (χ1n) is 11.4. The fourth-order valence-corrected chi connectivity index (χ4v) is 5.96. The van der Waals surface area contributed by atoms with E-state index in [1.807, 2.05) is 11.3 Å². The molecule has 0 fully saturated rings. The summed E-state index contributed by atoms with van der Waals surface area (Å²) in [5.41, 5.74) is 17.1. The van der Waals surface area contributed by atoms with E-state index in [-0.39, 0.29) is 0 Å². The van der Waals surface area contributed by atoms with Gasteiger partial charge in [-0.1, -0.05) is 24.3 Å².